The summed E-state index contributed by atoms with van der Waals surface area (Å²) in [6.45, 7) is 4.49. The Morgan fingerprint density at radius 2 is 1.60 bits per heavy atom. The Balaban J connectivity index is 1.05. The maximum Gasteiger partial charge on any atom is 0.355 e. The lowest BCUT2D eigenvalue weighted by molar-refractivity contribution is -0.213. The summed E-state index contributed by atoms with van der Waals surface area (Å²) in [6, 6.07) is 6.19. The second kappa shape index (κ2) is 15.8. The highest BCUT2D eigenvalue weighted by Crippen LogP contribution is 2.59. The molecule has 0 unspecified atom stereocenters. The van der Waals surface area contributed by atoms with Gasteiger partial charge in [0.2, 0.25) is 0 Å². The van der Waals surface area contributed by atoms with Crippen LogP contribution >= 0.6 is 0 Å². The zero-order valence-electron chi connectivity index (χ0n) is 25.4. The Labute approximate surface area is 243 Å². The lowest BCUT2D eigenvalue weighted by Gasteiger charge is -2.48. The number of carbonyl (C=O) groups is 2. The van der Waals surface area contributed by atoms with Gasteiger partial charge in [-0.2, -0.15) is 0 Å². The summed E-state index contributed by atoms with van der Waals surface area (Å²) in [5.74, 6) is 2.54. The highest BCUT2D eigenvalue weighted by atomic mass is 17.2. The minimum atomic E-state index is -0.284. The fraction of sp³-hybridized carbons (Fsp3) is 0.722. The first-order valence-electron chi connectivity index (χ1n) is 16.7. The van der Waals surface area contributed by atoms with Gasteiger partial charge in [-0.25, -0.2) is 4.79 Å². The summed E-state index contributed by atoms with van der Waals surface area (Å²) < 4.78 is 0. The number of allylic oxidation sites excluding steroid dienone is 2. The van der Waals surface area contributed by atoms with Crippen LogP contribution in [0.1, 0.15) is 153 Å². The van der Waals surface area contributed by atoms with Crippen LogP contribution in [-0.2, 0) is 20.9 Å². The summed E-state index contributed by atoms with van der Waals surface area (Å²) in [6.07, 6.45) is 27.4. The molecule has 4 atom stereocenters. The van der Waals surface area contributed by atoms with E-state index >= 15 is 0 Å². The first-order valence-corrected chi connectivity index (χ1v) is 16.7. The predicted octanol–water partition coefficient (Wildman–Crippen LogP) is 9.99. The van der Waals surface area contributed by atoms with Gasteiger partial charge in [-0.15, -0.1) is 0 Å². The van der Waals surface area contributed by atoms with Gasteiger partial charge < -0.3 is 0 Å². The quantitative estimate of drug-likeness (QED) is 0.0838. The number of unbranched alkanes of at least 4 members (excludes halogenated alkanes) is 11. The number of benzene rings is 1. The van der Waals surface area contributed by atoms with Gasteiger partial charge in [0.25, 0.3) is 0 Å². The Morgan fingerprint density at radius 1 is 0.900 bits per heavy atom. The topological polar surface area (TPSA) is 52.6 Å². The van der Waals surface area contributed by atoms with Crippen molar-refractivity contribution in [3.8, 4) is 5.75 Å². The van der Waals surface area contributed by atoms with E-state index in [0.29, 0.717) is 35.7 Å². The highest BCUT2D eigenvalue weighted by Gasteiger charge is 2.54. The number of Topliss-reactive ketones (excluding diaryl/α,β-unsaturated/α-hetero) is 1. The van der Waals surface area contributed by atoms with Crippen LogP contribution in [0.4, 0.5) is 0 Å². The van der Waals surface area contributed by atoms with Gasteiger partial charge in [0, 0.05) is 11.8 Å². The number of hydrogen-bond acceptors (Lipinski definition) is 4. The van der Waals surface area contributed by atoms with Gasteiger partial charge in [0.15, 0.2) is 5.75 Å². The maximum absolute atomic E-state index is 12.6. The molecule has 40 heavy (non-hydrogen) atoms. The smallest absolute Gasteiger partial charge is 0.299 e. The molecule has 0 radical (unpaired) electrons. The van der Waals surface area contributed by atoms with Gasteiger partial charge >= 0.3 is 5.97 Å². The van der Waals surface area contributed by atoms with Crippen molar-refractivity contribution in [2.45, 2.75) is 148 Å². The summed E-state index contributed by atoms with van der Waals surface area (Å²) in [5.41, 5.74) is 2.66. The van der Waals surface area contributed by atoms with Crippen LogP contribution in [0, 0.1) is 17.3 Å². The Hall–Kier alpha value is -2.10. The van der Waals surface area contributed by atoms with E-state index in [9.17, 15) is 9.59 Å². The molecule has 0 N–H and O–H groups in total. The first-order chi connectivity index (χ1) is 19.5. The SMILES string of the molecule is CCCCCCCCC=CCCCCCCCC(=O)OOc1ccc2c(c1)CC[C@@H]1[C@@H]2CC[C@]2(C)C(=O)CC[C@@H]12. The number of ketones is 1. The van der Waals surface area contributed by atoms with Crippen LogP contribution in [0.5, 0.6) is 5.75 Å². The molecule has 4 heteroatoms. The second-order valence-corrected chi connectivity index (χ2v) is 13.1. The van der Waals surface area contributed by atoms with E-state index in [4.69, 9.17) is 9.78 Å². The molecule has 0 saturated heterocycles. The van der Waals surface area contributed by atoms with Crippen LogP contribution in [0.15, 0.2) is 30.4 Å². The summed E-state index contributed by atoms with van der Waals surface area (Å²) in [4.78, 5) is 35.4. The van der Waals surface area contributed by atoms with Gasteiger partial charge in [0.05, 0.1) is 6.42 Å². The molecular formula is C36H54O4. The van der Waals surface area contributed by atoms with Gasteiger partial charge in [-0.05, 0) is 105 Å². The van der Waals surface area contributed by atoms with E-state index in [0.717, 1.165) is 51.4 Å². The molecule has 4 rings (SSSR count). The molecule has 3 aliphatic carbocycles. The first kappa shape index (κ1) is 30.8. The van der Waals surface area contributed by atoms with Gasteiger partial charge in [-0.3, -0.25) is 14.6 Å². The third-order valence-corrected chi connectivity index (χ3v) is 10.3. The molecule has 0 heterocycles. The van der Waals surface area contributed by atoms with Crippen molar-refractivity contribution in [3.63, 3.8) is 0 Å². The monoisotopic (exact) mass is 550 g/mol. The maximum atomic E-state index is 12.6. The molecule has 0 aromatic heterocycles. The Kier molecular flexibility index (Phi) is 12.2. The van der Waals surface area contributed by atoms with E-state index in [1.165, 1.54) is 81.8 Å². The Bertz CT molecular complexity index is 981. The summed E-state index contributed by atoms with van der Waals surface area (Å²) >= 11 is 0. The van der Waals surface area contributed by atoms with Gasteiger partial charge in [0.1, 0.15) is 5.78 Å². The highest BCUT2D eigenvalue weighted by molar-refractivity contribution is 5.87. The second-order valence-electron chi connectivity index (χ2n) is 13.1. The average Bonchev–Trinajstić information content (AvgIpc) is 3.27. The van der Waals surface area contributed by atoms with E-state index in [2.05, 4.69) is 38.1 Å². The molecule has 0 spiro atoms. The van der Waals surface area contributed by atoms with Crippen molar-refractivity contribution in [3.05, 3.63) is 41.5 Å². The molecule has 222 valence electrons. The lowest BCUT2D eigenvalue weighted by atomic mass is 9.55. The van der Waals surface area contributed by atoms with Crippen LogP contribution in [0.25, 0.3) is 0 Å². The predicted molar refractivity (Wildman–Crippen MR) is 162 cm³/mol. The number of carbonyl (C=O) groups excluding carboxylic acids is 2. The molecular weight excluding hydrogens is 496 g/mol. The Morgan fingerprint density at radius 3 is 2.35 bits per heavy atom. The van der Waals surface area contributed by atoms with E-state index < -0.39 is 0 Å². The van der Waals surface area contributed by atoms with Crippen molar-refractivity contribution in [1.29, 1.82) is 0 Å². The molecule has 0 aliphatic heterocycles. The molecule has 4 nitrogen and oxygen atoms in total. The van der Waals surface area contributed by atoms with Gasteiger partial charge in [-0.1, -0.05) is 83.4 Å². The van der Waals surface area contributed by atoms with Crippen LogP contribution in [0.3, 0.4) is 0 Å². The lowest BCUT2D eigenvalue weighted by Crippen LogP contribution is -2.42. The standard InChI is InChI=1S/C36H54O4/c1-3-4-5-6-7-8-9-10-11-12-13-14-15-16-17-18-35(38)40-39-29-20-22-30-28(27-29)19-21-32-31(30)25-26-36(2)33(32)23-24-34(36)37/h10-11,20,22,27,31-33H,3-9,12-19,21,23-26H2,1-2H3/t31-,32-,33+,36+/m1/s1. The van der Waals surface area contributed by atoms with E-state index in [1.807, 2.05) is 6.07 Å². The molecule has 1 aromatic rings. The summed E-state index contributed by atoms with van der Waals surface area (Å²) in [7, 11) is 0. The fourth-order valence-corrected chi connectivity index (χ4v) is 7.86. The number of aryl methyl sites for hydroxylation is 1. The molecule has 2 saturated carbocycles. The largest absolute Gasteiger partial charge is 0.355 e. The molecule has 0 amide bonds. The number of fused-ring (bicyclic) bond motifs is 5. The minimum Gasteiger partial charge on any atom is -0.299 e. The molecule has 1 aromatic carbocycles. The number of rotatable bonds is 17. The number of hydrogen-bond donors (Lipinski definition) is 0. The molecule has 2 fully saturated rings. The molecule has 3 aliphatic rings. The van der Waals surface area contributed by atoms with Crippen molar-refractivity contribution in [2.75, 3.05) is 0 Å². The zero-order valence-corrected chi connectivity index (χ0v) is 25.4. The van der Waals surface area contributed by atoms with Crippen molar-refractivity contribution >= 4 is 11.8 Å². The van der Waals surface area contributed by atoms with E-state index in [1.54, 1.807) is 0 Å². The third-order valence-electron chi connectivity index (χ3n) is 10.3. The summed E-state index contributed by atoms with van der Waals surface area (Å²) in [5, 5.41) is 0. The average molecular weight is 551 g/mol. The van der Waals surface area contributed by atoms with Crippen molar-refractivity contribution in [2.24, 2.45) is 17.3 Å². The van der Waals surface area contributed by atoms with Crippen LogP contribution in [-0.4, -0.2) is 11.8 Å². The van der Waals surface area contributed by atoms with Crippen LogP contribution in [0.2, 0.25) is 0 Å². The fourth-order valence-electron chi connectivity index (χ4n) is 7.86. The zero-order chi connectivity index (χ0) is 28.2. The minimum absolute atomic E-state index is 0.0834. The van der Waals surface area contributed by atoms with Crippen molar-refractivity contribution < 1.29 is 19.4 Å². The van der Waals surface area contributed by atoms with E-state index in [-0.39, 0.29) is 11.4 Å². The van der Waals surface area contributed by atoms with Crippen LogP contribution < -0.4 is 4.89 Å². The molecule has 0 bridgehead atoms. The van der Waals surface area contributed by atoms with Crippen molar-refractivity contribution in [1.82, 2.24) is 0 Å². The third kappa shape index (κ3) is 8.23. The normalized spacial score (nSPS) is 25.4.